The van der Waals surface area contributed by atoms with Crippen molar-refractivity contribution in [2.24, 2.45) is 5.41 Å². The second-order valence-corrected chi connectivity index (χ2v) is 6.87. The summed E-state index contributed by atoms with van der Waals surface area (Å²) in [5, 5.41) is 3.40. The van der Waals surface area contributed by atoms with E-state index in [4.69, 9.17) is 0 Å². The third-order valence-electron chi connectivity index (χ3n) is 4.47. The van der Waals surface area contributed by atoms with Crippen molar-refractivity contribution in [2.45, 2.75) is 59.2 Å². The lowest BCUT2D eigenvalue weighted by molar-refractivity contribution is -0.147. The molecule has 0 aromatic heterocycles. The monoisotopic (exact) mass is 267 g/mol. The zero-order chi connectivity index (χ0) is 14.0. The lowest BCUT2D eigenvalue weighted by Gasteiger charge is -2.45. The first-order valence-electron chi connectivity index (χ1n) is 7.71. The van der Waals surface area contributed by atoms with Gasteiger partial charge in [0.05, 0.1) is 11.6 Å². The van der Waals surface area contributed by atoms with Crippen LogP contribution in [-0.4, -0.2) is 54.1 Å². The molecule has 0 spiro atoms. The smallest absolute Gasteiger partial charge is 0.230 e. The molecule has 19 heavy (non-hydrogen) atoms. The average molecular weight is 267 g/mol. The highest BCUT2D eigenvalue weighted by Crippen LogP contribution is 2.28. The minimum Gasteiger partial charge on any atom is -0.325 e. The third-order valence-corrected chi connectivity index (χ3v) is 4.47. The maximum atomic E-state index is 12.8. The second-order valence-electron chi connectivity index (χ2n) is 6.87. The van der Waals surface area contributed by atoms with Crippen LogP contribution in [0.3, 0.4) is 0 Å². The molecular formula is C15H29N3O. The van der Waals surface area contributed by atoms with E-state index in [1.54, 1.807) is 0 Å². The average Bonchev–Trinajstić information content (AvgIpc) is 2.50. The molecule has 2 fully saturated rings. The zero-order valence-corrected chi connectivity index (χ0v) is 12.9. The Hall–Kier alpha value is -0.610. The highest BCUT2D eigenvalue weighted by molar-refractivity contribution is 5.82. The second kappa shape index (κ2) is 5.80. The van der Waals surface area contributed by atoms with Gasteiger partial charge in [-0.3, -0.25) is 9.69 Å². The highest BCUT2D eigenvalue weighted by atomic mass is 16.2. The van der Waals surface area contributed by atoms with Crippen LogP contribution in [0.5, 0.6) is 0 Å². The van der Waals surface area contributed by atoms with Crippen LogP contribution in [0, 0.1) is 5.41 Å². The minimum atomic E-state index is -0.281. The maximum absolute atomic E-state index is 12.8. The van der Waals surface area contributed by atoms with Gasteiger partial charge in [0.1, 0.15) is 0 Å². The lowest BCUT2D eigenvalue weighted by atomic mass is 9.91. The van der Waals surface area contributed by atoms with E-state index in [-0.39, 0.29) is 5.41 Å². The molecule has 2 rings (SSSR count). The Balaban J connectivity index is 2.19. The molecule has 2 aliphatic heterocycles. The van der Waals surface area contributed by atoms with Gasteiger partial charge >= 0.3 is 0 Å². The van der Waals surface area contributed by atoms with E-state index in [0.29, 0.717) is 18.1 Å². The van der Waals surface area contributed by atoms with Gasteiger partial charge in [-0.05, 0) is 47.0 Å². The van der Waals surface area contributed by atoms with Crippen molar-refractivity contribution >= 4 is 5.91 Å². The largest absolute Gasteiger partial charge is 0.325 e. The predicted molar refractivity (Wildman–Crippen MR) is 77.8 cm³/mol. The van der Waals surface area contributed by atoms with Crippen molar-refractivity contribution in [3.8, 4) is 0 Å². The van der Waals surface area contributed by atoms with E-state index < -0.39 is 0 Å². The number of carbonyl (C=O) groups is 1. The summed E-state index contributed by atoms with van der Waals surface area (Å²) >= 11 is 0. The number of hydrogen-bond donors (Lipinski definition) is 1. The van der Waals surface area contributed by atoms with Crippen LogP contribution in [0.25, 0.3) is 0 Å². The quantitative estimate of drug-likeness (QED) is 0.826. The van der Waals surface area contributed by atoms with E-state index in [1.807, 2.05) is 0 Å². The van der Waals surface area contributed by atoms with Gasteiger partial charge in [-0.15, -0.1) is 0 Å². The maximum Gasteiger partial charge on any atom is 0.230 e. The summed E-state index contributed by atoms with van der Waals surface area (Å²) in [6, 6.07) is 0.512. The van der Waals surface area contributed by atoms with Crippen molar-refractivity contribution in [2.75, 3.05) is 26.2 Å². The van der Waals surface area contributed by atoms with Crippen molar-refractivity contribution in [3.63, 3.8) is 0 Å². The Kier molecular flexibility index (Phi) is 4.51. The molecule has 0 aromatic carbocycles. The Morgan fingerprint density at radius 1 is 1.26 bits per heavy atom. The minimum absolute atomic E-state index is 0.281. The molecule has 4 nitrogen and oxygen atoms in total. The van der Waals surface area contributed by atoms with E-state index in [0.717, 1.165) is 32.6 Å². The summed E-state index contributed by atoms with van der Waals surface area (Å²) in [4.78, 5) is 17.4. The van der Waals surface area contributed by atoms with Gasteiger partial charge in [-0.1, -0.05) is 0 Å². The first-order chi connectivity index (χ1) is 8.93. The number of likely N-dealkylation sites (tertiary alicyclic amines) is 1. The van der Waals surface area contributed by atoms with Crippen LogP contribution in [0.2, 0.25) is 0 Å². The fourth-order valence-electron chi connectivity index (χ4n) is 3.32. The number of nitrogens with one attached hydrogen (secondary N) is 1. The molecule has 0 saturated carbocycles. The first kappa shape index (κ1) is 14.8. The van der Waals surface area contributed by atoms with Crippen LogP contribution < -0.4 is 5.32 Å². The topological polar surface area (TPSA) is 35.6 Å². The molecule has 2 saturated heterocycles. The standard InChI is InChI=1S/C15H29N3O/c1-12(2)17-9-6-5-7-13(17)18-10-8-16-11-15(3,4)14(18)19/h12-13,16H,5-11H2,1-4H3. The number of piperidine rings is 1. The van der Waals surface area contributed by atoms with Gasteiger partial charge in [0.25, 0.3) is 0 Å². The summed E-state index contributed by atoms with van der Waals surface area (Å²) in [7, 11) is 0. The molecule has 2 aliphatic rings. The highest BCUT2D eigenvalue weighted by Gasteiger charge is 2.39. The molecule has 110 valence electrons. The molecule has 1 unspecified atom stereocenters. The number of amides is 1. The summed E-state index contributed by atoms with van der Waals surface area (Å²) in [6.07, 6.45) is 3.93. The number of nitrogens with zero attached hydrogens (tertiary/aromatic N) is 2. The molecule has 1 N–H and O–H groups in total. The molecule has 0 aliphatic carbocycles. The number of hydrogen-bond acceptors (Lipinski definition) is 3. The third kappa shape index (κ3) is 3.11. The van der Waals surface area contributed by atoms with Crippen LogP contribution >= 0.6 is 0 Å². The molecule has 2 heterocycles. The summed E-state index contributed by atoms with van der Waals surface area (Å²) in [6.45, 7) is 12.3. The molecule has 4 heteroatoms. The molecule has 0 bridgehead atoms. The summed E-state index contributed by atoms with van der Waals surface area (Å²) in [5.41, 5.74) is -0.281. The zero-order valence-electron chi connectivity index (χ0n) is 12.9. The summed E-state index contributed by atoms with van der Waals surface area (Å²) < 4.78 is 0. The Labute approximate surface area is 117 Å². The van der Waals surface area contributed by atoms with Gasteiger partial charge in [0.15, 0.2) is 0 Å². The molecule has 0 aromatic rings. The molecule has 0 radical (unpaired) electrons. The predicted octanol–water partition coefficient (Wildman–Crippen LogP) is 1.66. The molecule has 1 amide bonds. The van der Waals surface area contributed by atoms with E-state index in [9.17, 15) is 4.79 Å². The normalized spacial score (nSPS) is 29.6. The van der Waals surface area contributed by atoms with Gasteiger partial charge in [0.2, 0.25) is 5.91 Å². The van der Waals surface area contributed by atoms with E-state index in [2.05, 4.69) is 42.8 Å². The van der Waals surface area contributed by atoms with Gasteiger partial charge in [-0.25, -0.2) is 0 Å². The summed E-state index contributed by atoms with van der Waals surface area (Å²) in [5.74, 6) is 0.315. The lowest BCUT2D eigenvalue weighted by Crippen LogP contribution is -2.57. The van der Waals surface area contributed by atoms with Gasteiger partial charge in [-0.2, -0.15) is 0 Å². The first-order valence-corrected chi connectivity index (χ1v) is 7.71. The van der Waals surface area contributed by atoms with Gasteiger partial charge in [0, 0.05) is 32.2 Å². The van der Waals surface area contributed by atoms with Crippen molar-refractivity contribution in [1.29, 1.82) is 0 Å². The Bertz CT molecular complexity index is 327. The van der Waals surface area contributed by atoms with Crippen molar-refractivity contribution < 1.29 is 4.79 Å². The van der Waals surface area contributed by atoms with Crippen LogP contribution in [0.4, 0.5) is 0 Å². The molecular weight excluding hydrogens is 238 g/mol. The fourth-order valence-corrected chi connectivity index (χ4v) is 3.32. The van der Waals surface area contributed by atoms with Crippen LogP contribution in [0.1, 0.15) is 47.0 Å². The van der Waals surface area contributed by atoms with E-state index >= 15 is 0 Å². The van der Waals surface area contributed by atoms with Crippen molar-refractivity contribution in [1.82, 2.24) is 15.1 Å². The number of rotatable bonds is 2. The SMILES string of the molecule is CC(C)N1CCCCC1N1CCNCC(C)(C)C1=O. The fraction of sp³-hybridized carbons (Fsp3) is 0.933. The van der Waals surface area contributed by atoms with Gasteiger partial charge < -0.3 is 10.2 Å². The van der Waals surface area contributed by atoms with Crippen LogP contribution in [-0.2, 0) is 4.79 Å². The number of carbonyl (C=O) groups excluding carboxylic acids is 1. The molecule has 1 atom stereocenters. The van der Waals surface area contributed by atoms with Crippen molar-refractivity contribution in [3.05, 3.63) is 0 Å². The Morgan fingerprint density at radius 3 is 2.68 bits per heavy atom. The Morgan fingerprint density at radius 2 is 2.00 bits per heavy atom. The van der Waals surface area contributed by atoms with E-state index in [1.165, 1.54) is 12.8 Å². The van der Waals surface area contributed by atoms with Crippen LogP contribution in [0.15, 0.2) is 0 Å².